The molecule has 2 aromatic rings. The fourth-order valence-corrected chi connectivity index (χ4v) is 2.29. The molecule has 0 N–H and O–H groups in total. The van der Waals surface area contributed by atoms with Crippen LogP contribution in [0.5, 0.6) is 11.5 Å². The summed E-state index contributed by atoms with van der Waals surface area (Å²) in [6, 6.07) is 14.6. The van der Waals surface area contributed by atoms with Crippen LogP contribution in [-0.2, 0) is 11.3 Å². The molecule has 0 aliphatic heterocycles. The van der Waals surface area contributed by atoms with Crippen LogP contribution in [0.1, 0.15) is 12.5 Å². The number of ether oxygens (including phenoxy) is 2. The Hall–Kier alpha value is -2.20. The summed E-state index contributed by atoms with van der Waals surface area (Å²) in [6.45, 7) is 2.25. The van der Waals surface area contributed by atoms with Crippen molar-refractivity contribution < 1.29 is 14.3 Å². The summed E-state index contributed by atoms with van der Waals surface area (Å²) in [5.41, 5.74) is 1.03. The molecule has 0 spiro atoms. The SMILES string of the molecule is COc1ccc(CN(C)C(=O)[C@@H](C)Oc2ccc(Cl)cc2)cc1. The van der Waals surface area contributed by atoms with Gasteiger partial charge in [-0.25, -0.2) is 0 Å². The van der Waals surface area contributed by atoms with Gasteiger partial charge in [0.2, 0.25) is 0 Å². The number of hydrogen-bond acceptors (Lipinski definition) is 3. The molecule has 1 atom stereocenters. The number of benzene rings is 2. The first-order valence-corrected chi connectivity index (χ1v) is 7.67. The Kier molecular flexibility index (Phi) is 5.88. The molecule has 0 saturated carbocycles. The smallest absolute Gasteiger partial charge is 0.263 e. The Morgan fingerprint density at radius 3 is 2.22 bits per heavy atom. The van der Waals surface area contributed by atoms with E-state index in [-0.39, 0.29) is 5.91 Å². The van der Waals surface area contributed by atoms with Crippen molar-refractivity contribution in [3.63, 3.8) is 0 Å². The van der Waals surface area contributed by atoms with Gasteiger partial charge in [0.15, 0.2) is 6.10 Å². The van der Waals surface area contributed by atoms with E-state index in [9.17, 15) is 4.79 Å². The molecular weight excluding hydrogens is 314 g/mol. The molecule has 2 rings (SSSR count). The van der Waals surface area contributed by atoms with Gasteiger partial charge in [0, 0.05) is 18.6 Å². The van der Waals surface area contributed by atoms with Crippen LogP contribution in [0, 0.1) is 0 Å². The summed E-state index contributed by atoms with van der Waals surface area (Å²) in [4.78, 5) is 14.0. The predicted octanol–water partition coefficient (Wildman–Crippen LogP) is 3.77. The van der Waals surface area contributed by atoms with Crippen molar-refractivity contribution in [1.82, 2.24) is 4.90 Å². The highest BCUT2D eigenvalue weighted by molar-refractivity contribution is 6.30. The second-order valence-corrected chi connectivity index (χ2v) is 5.69. The normalized spacial score (nSPS) is 11.7. The van der Waals surface area contributed by atoms with E-state index in [0.717, 1.165) is 11.3 Å². The van der Waals surface area contributed by atoms with E-state index >= 15 is 0 Å². The summed E-state index contributed by atoms with van der Waals surface area (Å²) >= 11 is 5.83. The first-order chi connectivity index (χ1) is 11.0. The first-order valence-electron chi connectivity index (χ1n) is 7.29. The first kappa shape index (κ1) is 17.2. The average Bonchev–Trinajstić information content (AvgIpc) is 2.56. The summed E-state index contributed by atoms with van der Waals surface area (Å²) in [7, 11) is 3.38. The van der Waals surface area contributed by atoms with E-state index in [1.165, 1.54) is 0 Å². The number of carbonyl (C=O) groups excluding carboxylic acids is 1. The maximum atomic E-state index is 12.4. The molecule has 0 fully saturated rings. The molecule has 5 heteroatoms. The Balaban J connectivity index is 1.93. The Bertz CT molecular complexity index is 640. The van der Waals surface area contributed by atoms with Gasteiger partial charge in [0.05, 0.1) is 7.11 Å². The van der Waals surface area contributed by atoms with Gasteiger partial charge < -0.3 is 14.4 Å². The van der Waals surface area contributed by atoms with Gasteiger partial charge in [0.25, 0.3) is 5.91 Å². The summed E-state index contributed by atoms with van der Waals surface area (Å²) in [5, 5.41) is 0.632. The quantitative estimate of drug-likeness (QED) is 0.807. The van der Waals surface area contributed by atoms with Crippen molar-refractivity contribution in [3.8, 4) is 11.5 Å². The Morgan fingerprint density at radius 2 is 1.65 bits per heavy atom. The Labute approximate surface area is 141 Å². The van der Waals surface area contributed by atoms with E-state index in [2.05, 4.69) is 0 Å². The fourth-order valence-electron chi connectivity index (χ4n) is 2.16. The van der Waals surface area contributed by atoms with Crippen LogP contribution in [-0.4, -0.2) is 31.1 Å². The van der Waals surface area contributed by atoms with Crippen molar-refractivity contribution in [2.75, 3.05) is 14.2 Å². The second kappa shape index (κ2) is 7.88. The van der Waals surface area contributed by atoms with Crippen molar-refractivity contribution in [2.45, 2.75) is 19.6 Å². The standard InChI is InChI=1S/C18H20ClNO3/c1-13(23-17-10-6-15(19)7-11-17)18(21)20(2)12-14-4-8-16(22-3)9-5-14/h4-11,13H,12H2,1-3H3/t13-/m1/s1. The van der Waals surface area contributed by atoms with Crippen molar-refractivity contribution >= 4 is 17.5 Å². The molecule has 0 aromatic heterocycles. The van der Waals surface area contributed by atoms with Gasteiger partial charge in [-0.1, -0.05) is 23.7 Å². The summed E-state index contributed by atoms with van der Waals surface area (Å²) in [6.07, 6.45) is -0.570. The number of amides is 1. The minimum Gasteiger partial charge on any atom is -0.497 e. The van der Waals surface area contributed by atoms with E-state index in [1.54, 1.807) is 50.2 Å². The molecule has 0 radical (unpaired) electrons. The molecule has 4 nitrogen and oxygen atoms in total. The van der Waals surface area contributed by atoms with Crippen LogP contribution in [0.2, 0.25) is 5.02 Å². The van der Waals surface area contributed by atoms with Crippen molar-refractivity contribution in [2.24, 2.45) is 0 Å². The third-order valence-electron chi connectivity index (χ3n) is 3.43. The minimum absolute atomic E-state index is 0.0873. The lowest BCUT2D eigenvalue weighted by Gasteiger charge is -2.22. The van der Waals surface area contributed by atoms with Crippen LogP contribution in [0.4, 0.5) is 0 Å². The molecule has 122 valence electrons. The van der Waals surface area contributed by atoms with E-state index in [0.29, 0.717) is 17.3 Å². The third kappa shape index (κ3) is 4.89. The van der Waals surface area contributed by atoms with Crippen LogP contribution in [0.15, 0.2) is 48.5 Å². The molecule has 0 saturated heterocycles. The highest BCUT2D eigenvalue weighted by Crippen LogP contribution is 2.18. The zero-order valence-electron chi connectivity index (χ0n) is 13.5. The second-order valence-electron chi connectivity index (χ2n) is 5.26. The minimum atomic E-state index is -0.570. The van der Waals surface area contributed by atoms with Crippen LogP contribution in [0.25, 0.3) is 0 Å². The van der Waals surface area contributed by atoms with Crippen LogP contribution in [0.3, 0.4) is 0 Å². The number of hydrogen-bond donors (Lipinski definition) is 0. The molecule has 0 unspecified atom stereocenters. The largest absolute Gasteiger partial charge is 0.497 e. The van der Waals surface area contributed by atoms with E-state index in [4.69, 9.17) is 21.1 Å². The molecule has 23 heavy (non-hydrogen) atoms. The zero-order chi connectivity index (χ0) is 16.8. The van der Waals surface area contributed by atoms with E-state index < -0.39 is 6.10 Å². The summed E-state index contributed by atoms with van der Waals surface area (Å²) in [5.74, 6) is 1.33. The zero-order valence-corrected chi connectivity index (χ0v) is 14.2. The lowest BCUT2D eigenvalue weighted by molar-refractivity contribution is -0.137. The lowest BCUT2D eigenvalue weighted by Crippen LogP contribution is -2.37. The molecular formula is C18H20ClNO3. The molecule has 0 bridgehead atoms. The lowest BCUT2D eigenvalue weighted by atomic mass is 10.2. The van der Waals surface area contributed by atoms with Gasteiger partial charge in [-0.15, -0.1) is 0 Å². The predicted molar refractivity (Wildman–Crippen MR) is 91.0 cm³/mol. The molecule has 2 aromatic carbocycles. The highest BCUT2D eigenvalue weighted by atomic mass is 35.5. The number of likely N-dealkylation sites (N-methyl/N-ethyl adjacent to an activating group) is 1. The van der Waals surface area contributed by atoms with Crippen LogP contribution < -0.4 is 9.47 Å². The van der Waals surface area contributed by atoms with Crippen molar-refractivity contribution in [3.05, 3.63) is 59.1 Å². The number of nitrogens with zero attached hydrogens (tertiary/aromatic N) is 1. The van der Waals surface area contributed by atoms with Gasteiger partial charge in [0.1, 0.15) is 11.5 Å². The maximum absolute atomic E-state index is 12.4. The highest BCUT2D eigenvalue weighted by Gasteiger charge is 2.19. The topological polar surface area (TPSA) is 38.8 Å². The molecule has 0 aliphatic rings. The molecule has 1 amide bonds. The van der Waals surface area contributed by atoms with Gasteiger partial charge in [-0.2, -0.15) is 0 Å². The van der Waals surface area contributed by atoms with E-state index in [1.807, 2.05) is 24.3 Å². The average molecular weight is 334 g/mol. The van der Waals surface area contributed by atoms with Gasteiger partial charge in [-0.3, -0.25) is 4.79 Å². The summed E-state index contributed by atoms with van der Waals surface area (Å²) < 4.78 is 10.8. The number of halogens is 1. The number of rotatable bonds is 6. The van der Waals surface area contributed by atoms with Crippen LogP contribution >= 0.6 is 11.6 Å². The number of carbonyl (C=O) groups is 1. The van der Waals surface area contributed by atoms with Crippen molar-refractivity contribution in [1.29, 1.82) is 0 Å². The monoisotopic (exact) mass is 333 g/mol. The fraction of sp³-hybridized carbons (Fsp3) is 0.278. The third-order valence-corrected chi connectivity index (χ3v) is 3.68. The maximum Gasteiger partial charge on any atom is 0.263 e. The van der Waals surface area contributed by atoms with Gasteiger partial charge in [-0.05, 0) is 48.9 Å². The number of methoxy groups -OCH3 is 1. The molecule has 0 aliphatic carbocycles. The van der Waals surface area contributed by atoms with Gasteiger partial charge >= 0.3 is 0 Å². The molecule has 0 heterocycles. The Morgan fingerprint density at radius 1 is 1.09 bits per heavy atom.